The highest BCUT2D eigenvalue weighted by Crippen LogP contribution is 2.17. The second-order valence-electron chi connectivity index (χ2n) is 4.55. The van der Waals surface area contributed by atoms with Crippen molar-refractivity contribution in [3.05, 3.63) is 12.4 Å². The zero-order valence-electron chi connectivity index (χ0n) is 10.3. The lowest BCUT2D eigenvalue weighted by Crippen LogP contribution is -2.36. The summed E-state index contributed by atoms with van der Waals surface area (Å²) in [5.41, 5.74) is 0. The molecule has 0 bridgehead atoms. The standard InChI is InChI=1S/C12H18N4O2/c1-2-13-7-10(1)18-12-9-14-8-11(15-12)16-3-5-17-6-4-16/h8-10,13H,1-7H2. The van der Waals surface area contributed by atoms with Gasteiger partial charge in [0.25, 0.3) is 0 Å². The third-order valence-corrected chi connectivity index (χ3v) is 3.24. The fourth-order valence-corrected chi connectivity index (χ4v) is 2.24. The van der Waals surface area contributed by atoms with Gasteiger partial charge in [-0.25, -0.2) is 0 Å². The summed E-state index contributed by atoms with van der Waals surface area (Å²) in [5.74, 6) is 1.49. The Labute approximate surface area is 106 Å². The Kier molecular flexibility index (Phi) is 3.56. The van der Waals surface area contributed by atoms with E-state index in [4.69, 9.17) is 9.47 Å². The predicted octanol–water partition coefficient (Wildman–Crippen LogP) is 0.0539. The summed E-state index contributed by atoms with van der Waals surface area (Å²) in [6.45, 7) is 5.13. The van der Waals surface area contributed by atoms with Crippen LogP contribution in [0.2, 0.25) is 0 Å². The van der Waals surface area contributed by atoms with Gasteiger partial charge in [0.05, 0.1) is 25.6 Å². The zero-order valence-corrected chi connectivity index (χ0v) is 10.3. The van der Waals surface area contributed by atoms with Gasteiger partial charge in [-0.15, -0.1) is 0 Å². The van der Waals surface area contributed by atoms with E-state index < -0.39 is 0 Å². The van der Waals surface area contributed by atoms with Crippen molar-refractivity contribution in [3.8, 4) is 5.88 Å². The summed E-state index contributed by atoms with van der Waals surface area (Å²) in [6.07, 6.45) is 4.72. The summed E-state index contributed by atoms with van der Waals surface area (Å²) < 4.78 is 11.1. The first-order valence-corrected chi connectivity index (χ1v) is 6.44. The number of ether oxygens (including phenoxy) is 2. The van der Waals surface area contributed by atoms with Crippen molar-refractivity contribution in [1.29, 1.82) is 0 Å². The maximum Gasteiger partial charge on any atom is 0.234 e. The van der Waals surface area contributed by atoms with Crippen LogP contribution in [0.5, 0.6) is 5.88 Å². The molecule has 6 nitrogen and oxygen atoms in total. The maximum atomic E-state index is 5.81. The molecule has 18 heavy (non-hydrogen) atoms. The molecule has 2 aliphatic rings. The lowest BCUT2D eigenvalue weighted by atomic mass is 10.3. The fraction of sp³-hybridized carbons (Fsp3) is 0.667. The molecular weight excluding hydrogens is 232 g/mol. The Bertz CT molecular complexity index is 389. The number of hydrogen-bond acceptors (Lipinski definition) is 6. The Morgan fingerprint density at radius 1 is 1.33 bits per heavy atom. The molecule has 2 aliphatic heterocycles. The van der Waals surface area contributed by atoms with E-state index in [1.807, 2.05) is 0 Å². The molecule has 3 heterocycles. The molecule has 0 spiro atoms. The average molecular weight is 250 g/mol. The van der Waals surface area contributed by atoms with Gasteiger partial charge in [0.15, 0.2) is 5.82 Å². The lowest BCUT2D eigenvalue weighted by Gasteiger charge is -2.27. The second-order valence-corrected chi connectivity index (χ2v) is 4.55. The summed E-state index contributed by atoms with van der Waals surface area (Å²) in [6, 6.07) is 0. The van der Waals surface area contributed by atoms with Gasteiger partial charge in [-0.05, 0) is 13.0 Å². The van der Waals surface area contributed by atoms with Crippen molar-refractivity contribution < 1.29 is 9.47 Å². The quantitative estimate of drug-likeness (QED) is 0.818. The van der Waals surface area contributed by atoms with Gasteiger partial charge in [0.1, 0.15) is 6.10 Å². The summed E-state index contributed by atoms with van der Waals surface area (Å²) in [7, 11) is 0. The van der Waals surface area contributed by atoms with Crippen LogP contribution in [0.4, 0.5) is 5.82 Å². The van der Waals surface area contributed by atoms with E-state index in [-0.39, 0.29) is 6.10 Å². The number of morpholine rings is 1. The van der Waals surface area contributed by atoms with E-state index in [1.54, 1.807) is 12.4 Å². The van der Waals surface area contributed by atoms with Gasteiger partial charge < -0.3 is 19.7 Å². The highest BCUT2D eigenvalue weighted by molar-refractivity contribution is 5.37. The second kappa shape index (κ2) is 5.49. The Hall–Kier alpha value is -1.40. The Morgan fingerprint density at radius 3 is 3.00 bits per heavy atom. The zero-order chi connectivity index (χ0) is 12.2. The van der Waals surface area contributed by atoms with Crippen LogP contribution in [0.3, 0.4) is 0 Å². The minimum absolute atomic E-state index is 0.222. The number of rotatable bonds is 3. The monoisotopic (exact) mass is 250 g/mol. The highest BCUT2D eigenvalue weighted by Gasteiger charge is 2.18. The SMILES string of the molecule is c1ncc(N2CCOCC2)nc1OC1CCNC1. The van der Waals surface area contributed by atoms with Crippen molar-refractivity contribution in [3.63, 3.8) is 0 Å². The van der Waals surface area contributed by atoms with E-state index in [9.17, 15) is 0 Å². The number of nitrogens with zero attached hydrogens (tertiary/aromatic N) is 3. The third kappa shape index (κ3) is 2.70. The average Bonchev–Trinajstić information content (AvgIpc) is 2.93. The van der Waals surface area contributed by atoms with Crippen LogP contribution < -0.4 is 15.0 Å². The van der Waals surface area contributed by atoms with E-state index in [0.717, 1.165) is 51.6 Å². The van der Waals surface area contributed by atoms with Crippen LogP contribution in [-0.2, 0) is 4.74 Å². The molecule has 1 atom stereocenters. The van der Waals surface area contributed by atoms with E-state index in [0.29, 0.717) is 5.88 Å². The number of nitrogens with one attached hydrogen (secondary N) is 1. The van der Waals surface area contributed by atoms with Crippen LogP contribution in [0.15, 0.2) is 12.4 Å². The molecule has 2 fully saturated rings. The largest absolute Gasteiger partial charge is 0.472 e. The Morgan fingerprint density at radius 2 is 2.22 bits per heavy atom. The molecule has 2 saturated heterocycles. The number of aromatic nitrogens is 2. The summed E-state index contributed by atoms with van der Waals surface area (Å²) in [4.78, 5) is 10.9. The molecule has 0 radical (unpaired) electrons. The van der Waals surface area contributed by atoms with Crippen molar-refractivity contribution in [2.45, 2.75) is 12.5 Å². The molecule has 0 saturated carbocycles. The minimum atomic E-state index is 0.222. The van der Waals surface area contributed by atoms with Gasteiger partial charge in [-0.3, -0.25) is 4.98 Å². The first-order valence-electron chi connectivity index (χ1n) is 6.44. The van der Waals surface area contributed by atoms with Crippen LogP contribution >= 0.6 is 0 Å². The van der Waals surface area contributed by atoms with Crippen LogP contribution in [0.1, 0.15) is 6.42 Å². The molecule has 1 unspecified atom stereocenters. The first kappa shape index (κ1) is 11.7. The topological polar surface area (TPSA) is 59.5 Å². The fourth-order valence-electron chi connectivity index (χ4n) is 2.24. The molecule has 98 valence electrons. The predicted molar refractivity (Wildman–Crippen MR) is 67.0 cm³/mol. The van der Waals surface area contributed by atoms with Gasteiger partial charge in [-0.2, -0.15) is 4.98 Å². The van der Waals surface area contributed by atoms with Gasteiger partial charge >= 0.3 is 0 Å². The van der Waals surface area contributed by atoms with Gasteiger partial charge in [0.2, 0.25) is 5.88 Å². The van der Waals surface area contributed by atoms with Crippen LogP contribution in [0, 0.1) is 0 Å². The van der Waals surface area contributed by atoms with Crippen LogP contribution in [-0.4, -0.2) is 55.5 Å². The number of anilines is 1. The molecule has 1 aromatic heterocycles. The van der Waals surface area contributed by atoms with E-state index in [1.165, 1.54) is 0 Å². The Balaban J connectivity index is 1.67. The minimum Gasteiger partial charge on any atom is -0.472 e. The maximum absolute atomic E-state index is 5.81. The molecule has 3 rings (SSSR count). The highest BCUT2D eigenvalue weighted by atomic mass is 16.5. The summed E-state index contributed by atoms with van der Waals surface area (Å²) >= 11 is 0. The van der Waals surface area contributed by atoms with E-state index >= 15 is 0 Å². The lowest BCUT2D eigenvalue weighted by molar-refractivity contribution is 0.122. The normalized spacial score (nSPS) is 24.2. The molecular formula is C12H18N4O2. The smallest absolute Gasteiger partial charge is 0.234 e. The molecule has 0 aliphatic carbocycles. The molecule has 6 heteroatoms. The van der Waals surface area contributed by atoms with Gasteiger partial charge in [0, 0.05) is 19.6 Å². The number of hydrogen-bond donors (Lipinski definition) is 1. The van der Waals surface area contributed by atoms with Crippen molar-refractivity contribution in [1.82, 2.24) is 15.3 Å². The first-order chi connectivity index (χ1) is 8.92. The molecule has 0 amide bonds. The molecule has 1 aromatic rings. The van der Waals surface area contributed by atoms with Crippen LogP contribution in [0.25, 0.3) is 0 Å². The van der Waals surface area contributed by atoms with Crippen molar-refractivity contribution in [2.24, 2.45) is 0 Å². The van der Waals surface area contributed by atoms with Crippen molar-refractivity contribution in [2.75, 3.05) is 44.3 Å². The molecule has 0 aromatic carbocycles. The third-order valence-electron chi connectivity index (χ3n) is 3.24. The van der Waals surface area contributed by atoms with E-state index in [2.05, 4.69) is 20.2 Å². The van der Waals surface area contributed by atoms with Gasteiger partial charge in [-0.1, -0.05) is 0 Å². The van der Waals surface area contributed by atoms with Crippen molar-refractivity contribution >= 4 is 5.82 Å². The summed E-state index contributed by atoms with van der Waals surface area (Å²) in [5, 5.41) is 3.27. The molecule has 1 N–H and O–H groups in total.